The first-order valence-corrected chi connectivity index (χ1v) is 9.05. The summed E-state index contributed by atoms with van der Waals surface area (Å²) in [7, 11) is -1.15. The van der Waals surface area contributed by atoms with Crippen molar-refractivity contribution >= 4 is 22.1 Å². The molecule has 0 amide bonds. The van der Waals surface area contributed by atoms with Crippen LogP contribution in [0.5, 0.6) is 0 Å². The smallest absolute Gasteiger partial charge is 0.123 e. The minimum absolute atomic E-state index is 0.274. The number of nitrogens with zero attached hydrogens (tertiary/aromatic N) is 1. The van der Waals surface area contributed by atoms with Crippen molar-refractivity contribution in [1.29, 1.82) is 0 Å². The summed E-state index contributed by atoms with van der Waals surface area (Å²) in [5.41, 5.74) is 3.56. The van der Waals surface area contributed by atoms with Gasteiger partial charge >= 0.3 is 0 Å². The fourth-order valence-electron chi connectivity index (χ4n) is 2.30. The van der Waals surface area contributed by atoms with E-state index in [2.05, 4.69) is 4.98 Å². The number of rotatable bonds is 5. The van der Waals surface area contributed by atoms with E-state index in [1.54, 1.807) is 23.8 Å². The van der Waals surface area contributed by atoms with E-state index in [-0.39, 0.29) is 11.1 Å². The van der Waals surface area contributed by atoms with Gasteiger partial charge in [-0.05, 0) is 23.3 Å². The molecule has 0 aliphatic rings. The zero-order chi connectivity index (χ0) is 15.4. The van der Waals surface area contributed by atoms with Crippen molar-refractivity contribution in [1.82, 2.24) is 4.98 Å². The van der Waals surface area contributed by atoms with Gasteiger partial charge in [0.15, 0.2) is 0 Å². The second kappa shape index (κ2) is 6.94. The molecule has 0 aliphatic carbocycles. The second-order valence-electron chi connectivity index (χ2n) is 4.84. The van der Waals surface area contributed by atoms with E-state index in [1.165, 1.54) is 23.5 Å². The third-order valence-electron chi connectivity index (χ3n) is 3.31. The van der Waals surface area contributed by atoms with Crippen LogP contribution in [0.25, 0.3) is 0 Å². The molecular formula is C17H14FNOS2. The molecule has 0 radical (unpaired) electrons. The lowest BCUT2D eigenvalue weighted by atomic mass is 10.0. The molecule has 1 aromatic heterocycles. The van der Waals surface area contributed by atoms with Gasteiger partial charge in [-0.25, -0.2) is 4.39 Å². The van der Waals surface area contributed by atoms with Gasteiger partial charge in [-0.3, -0.25) is 9.19 Å². The summed E-state index contributed by atoms with van der Waals surface area (Å²) in [5.74, 6) is 0.158. The normalized spacial score (nSPS) is 13.7. The lowest BCUT2D eigenvalue weighted by molar-refractivity contribution is 0.627. The molecule has 0 saturated heterocycles. The Balaban J connectivity index is 1.95. The molecule has 22 heavy (non-hydrogen) atoms. The van der Waals surface area contributed by atoms with Gasteiger partial charge in [-0.1, -0.05) is 42.5 Å². The molecule has 3 rings (SSSR count). The highest BCUT2D eigenvalue weighted by Crippen LogP contribution is 2.30. The van der Waals surface area contributed by atoms with Crippen molar-refractivity contribution in [3.8, 4) is 0 Å². The number of aromatic nitrogens is 1. The predicted molar refractivity (Wildman–Crippen MR) is 88.6 cm³/mol. The van der Waals surface area contributed by atoms with Gasteiger partial charge in [0.25, 0.3) is 0 Å². The Morgan fingerprint density at radius 3 is 2.36 bits per heavy atom. The maximum Gasteiger partial charge on any atom is 0.123 e. The van der Waals surface area contributed by atoms with Crippen LogP contribution in [0.15, 0.2) is 66.3 Å². The van der Waals surface area contributed by atoms with Crippen LogP contribution >= 0.6 is 11.3 Å². The summed E-state index contributed by atoms with van der Waals surface area (Å²) in [6.07, 6.45) is 1.75. The van der Waals surface area contributed by atoms with Gasteiger partial charge in [-0.2, -0.15) is 0 Å². The Labute approximate surface area is 135 Å². The highest BCUT2D eigenvalue weighted by atomic mass is 32.2. The van der Waals surface area contributed by atoms with Gasteiger partial charge in [0.2, 0.25) is 0 Å². The predicted octanol–water partition coefficient (Wildman–Crippen LogP) is 4.32. The van der Waals surface area contributed by atoms with Crippen molar-refractivity contribution < 1.29 is 8.60 Å². The molecule has 0 spiro atoms. The Kier molecular flexibility index (Phi) is 4.75. The van der Waals surface area contributed by atoms with Crippen LogP contribution in [0.3, 0.4) is 0 Å². The Hall–Kier alpha value is -1.85. The molecule has 3 aromatic rings. The third kappa shape index (κ3) is 3.48. The van der Waals surface area contributed by atoms with Gasteiger partial charge in [0.05, 0.1) is 16.5 Å². The van der Waals surface area contributed by atoms with Crippen molar-refractivity contribution in [2.75, 3.05) is 0 Å². The van der Waals surface area contributed by atoms with E-state index in [9.17, 15) is 8.60 Å². The van der Waals surface area contributed by atoms with Gasteiger partial charge in [0, 0.05) is 21.9 Å². The SMILES string of the molecule is O=[S@@](Cc1cncs1)[C@@H](c1ccccc1)c1ccc(F)cc1. The van der Waals surface area contributed by atoms with Crippen LogP contribution in [-0.2, 0) is 16.6 Å². The van der Waals surface area contributed by atoms with Crippen LogP contribution in [0, 0.1) is 5.82 Å². The molecule has 112 valence electrons. The topological polar surface area (TPSA) is 30.0 Å². The van der Waals surface area contributed by atoms with Crippen molar-refractivity contribution in [2.45, 2.75) is 11.0 Å². The molecule has 0 unspecified atom stereocenters. The standard InChI is InChI=1S/C17H14FNOS2/c18-15-8-6-14(7-9-15)17(13-4-2-1-3-5-13)22(20)11-16-10-19-12-21-16/h1-10,12,17H,11H2/t17-,22-/m0/s1. The largest absolute Gasteiger partial charge is 0.258 e. The minimum atomic E-state index is -1.15. The monoisotopic (exact) mass is 331 g/mol. The van der Waals surface area contributed by atoms with E-state index < -0.39 is 10.8 Å². The maximum atomic E-state index is 13.2. The highest BCUT2D eigenvalue weighted by Gasteiger charge is 2.21. The Morgan fingerprint density at radius 2 is 1.73 bits per heavy atom. The van der Waals surface area contributed by atoms with Crippen LogP contribution < -0.4 is 0 Å². The first-order valence-electron chi connectivity index (χ1n) is 6.79. The molecule has 0 fully saturated rings. The lowest BCUT2D eigenvalue weighted by Crippen LogP contribution is -2.10. The molecule has 2 atom stereocenters. The summed E-state index contributed by atoms with van der Waals surface area (Å²) in [6, 6.07) is 15.9. The number of hydrogen-bond acceptors (Lipinski definition) is 3. The van der Waals surface area contributed by atoms with E-state index in [1.807, 2.05) is 30.3 Å². The zero-order valence-corrected chi connectivity index (χ0v) is 13.3. The molecule has 0 aliphatic heterocycles. The van der Waals surface area contributed by atoms with E-state index in [4.69, 9.17) is 0 Å². The molecule has 0 N–H and O–H groups in total. The fourth-order valence-corrected chi connectivity index (χ4v) is 4.74. The third-order valence-corrected chi connectivity index (χ3v) is 5.93. The molecule has 0 saturated carbocycles. The Morgan fingerprint density at radius 1 is 1.05 bits per heavy atom. The molecular weight excluding hydrogens is 317 g/mol. The van der Waals surface area contributed by atoms with Crippen LogP contribution in [0.4, 0.5) is 4.39 Å². The minimum Gasteiger partial charge on any atom is -0.258 e. The molecule has 0 bridgehead atoms. The number of thiazole rings is 1. The number of hydrogen-bond donors (Lipinski definition) is 0. The summed E-state index contributed by atoms with van der Waals surface area (Å²) in [6.45, 7) is 0. The van der Waals surface area contributed by atoms with Crippen molar-refractivity contribution in [2.24, 2.45) is 0 Å². The molecule has 1 heterocycles. The average Bonchev–Trinajstić information content (AvgIpc) is 3.03. The highest BCUT2D eigenvalue weighted by molar-refractivity contribution is 7.84. The lowest BCUT2D eigenvalue weighted by Gasteiger charge is -2.17. The maximum absolute atomic E-state index is 13.2. The van der Waals surface area contributed by atoms with E-state index >= 15 is 0 Å². The average molecular weight is 331 g/mol. The quantitative estimate of drug-likeness (QED) is 0.697. The summed E-state index contributed by atoms with van der Waals surface area (Å²) < 4.78 is 26.1. The van der Waals surface area contributed by atoms with E-state index in [0.29, 0.717) is 5.75 Å². The van der Waals surface area contributed by atoms with Crippen LogP contribution in [0.2, 0.25) is 0 Å². The van der Waals surface area contributed by atoms with Gasteiger partial charge in [0.1, 0.15) is 5.82 Å². The van der Waals surface area contributed by atoms with Gasteiger partial charge in [-0.15, -0.1) is 11.3 Å². The number of halogens is 1. The van der Waals surface area contributed by atoms with Crippen molar-refractivity contribution in [3.63, 3.8) is 0 Å². The first kappa shape index (κ1) is 15.1. The molecule has 2 nitrogen and oxygen atoms in total. The summed E-state index contributed by atoms with van der Waals surface area (Å²) in [5, 5.41) is -0.274. The van der Waals surface area contributed by atoms with Crippen molar-refractivity contribution in [3.05, 3.63) is 88.1 Å². The molecule has 2 aromatic carbocycles. The van der Waals surface area contributed by atoms with Gasteiger partial charge < -0.3 is 0 Å². The Bertz CT molecular complexity index is 742. The van der Waals surface area contributed by atoms with Crippen LogP contribution in [-0.4, -0.2) is 9.19 Å². The first-order chi connectivity index (χ1) is 10.7. The summed E-state index contributed by atoms with van der Waals surface area (Å²) >= 11 is 1.50. The summed E-state index contributed by atoms with van der Waals surface area (Å²) in [4.78, 5) is 5.01. The fraction of sp³-hybridized carbons (Fsp3) is 0.118. The zero-order valence-electron chi connectivity index (χ0n) is 11.7. The van der Waals surface area contributed by atoms with E-state index in [0.717, 1.165) is 16.0 Å². The number of benzene rings is 2. The molecule has 5 heteroatoms. The second-order valence-corrected chi connectivity index (χ2v) is 7.33. The van der Waals surface area contributed by atoms with Crippen LogP contribution in [0.1, 0.15) is 21.3 Å².